The Bertz CT molecular complexity index is 613. The maximum atomic E-state index is 5.48. The topological polar surface area (TPSA) is 20.7 Å². The highest BCUT2D eigenvalue weighted by atomic mass is 127. The molecule has 2 unspecified atom stereocenters. The number of halogens is 1. The van der Waals surface area contributed by atoms with E-state index in [1.807, 2.05) is 0 Å². The molecule has 2 atom stereocenters. The zero-order chi connectivity index (χ0) is 12.0. The van der Waals surface area contributed by atoms with E-state index in [-0.39, 0.29) is 0 Å². The summed E-state index contributed by atoms with van der Waals surface area (Å²) in [5.41, 5.74) is 2.43. The van der Waals surface area contributed by atoms with E-state index in [9.17, 15) is 0 Å². The zero-order valence-electron chi connectivity index (χ0n) is 9.74. The van der Waals surface area contributed by atoms with Crippen LogP contribution in [0.5, 0.6) is 0 Å². The summed E-state index contributed by atoms with van der Waals surface area (Å²) in [7, 11) is 0. The Balaban J connectivity index is 2.15. The van der Waals surface area contributed by atoms with Crippen molar-refractivity contribution in [3.63, 3.8) is 0 Å². The number of nitrogens with one attached hydrogen (secondary N) is 1. The summed E-state index contributed by atoms with van der Waals surface area (Å²) in [5.74, 6) is 0.829. The fourth-order valence-electron chi connectivity index (χ4n) is 2.88. The molecule has 2 nitrogen and oxygen atoms in total. The van der Waals surface area contributed by atoms with Gasteiger partial charge in [-0.3, -0.25) is 0 Å². The highest BCUT2D eigenvalue weighted by Gasteiger charge is 2.24. The average Bonchev–Trinajstić information content (AvgIpc) is 2.80. The van der Waals surface area contributed by atoms with Crippen molar-refractivity contribution in [3.8, 4) is 0 Å². The average molecular weight is 358 g/mol. The smallest absolute Gasteiger partial charge is 0.178 e. The van der Waals surface area contributed by atoms with Crippen molar-refractivity contribution in [1.29, 1.82) is 0 Å². The van der Waals surface area contributed by atoms with E-state index in [1.54, 1.807) is 0 Å². The predicted octanol–water partition coefficient (Wildman–Crippen LogP) is 4.66. The van der Waals surface area contributed by atoms with Crippen LogP contribution in [0.4, 0.5) is 0 Å². The largest absolute Gasteiger partial charge is 0.331 e. The van der Waals surface area contributed by atoms with Crippen LogP contribution < -0.4 is 0 Å². The molecule has 1 aliphatic rings. The van der Waals surface area contributed by atoms with Crippen LogP contribution in [0.1, 0.15) is 32.2 Å². The minimum absolute atomic E-state index is 0.589. The molecule has 90 valence electrons. The van der Waals surface area contributed by atoms with Crippen LogP contribution in [0.2, 0.25) is 0 Å². The van der Waals surface area contributed by atoms with Crippen molar-refractivity contribution in [2.75, 3.05) is 0 Å². The molecule has 0 radical (unpaired) electrons. The van der Waals surface area contributed by atoms with Gasteiger partial charge in [-0.15, -0.1) is 0 Å². The quantitative estimate of drug-likeness (QED) is 0.581. The van der Waals surface area contributed by atoms with Gasteiger partial charge in [0.25, 0.3) is 0 Å². The second-order valence-electron chi connectivity index (χ2n) is 5.03. The molecule has 1 heterocycles. The summed E-state index contributed by atoms with van der Waals surface area (Å²) in [6, 6.07) is 7.10. The fraction of sp³-hybridized carbons (Fsp3) is 0.462. The van der Waals surface area contributed by atoms with Gasteiger partial charge in [-0.2, -0.15) is 0 Å². The monoisotopic (exact) mass is 358 g/mol. The number of aromatic nitrogens is 2. The maximum Gasteiger partial charge on any atom is 0.178 e. The molecular formula is C13H15IN2S. The van der Waals surface area contributed by atoms with Crippen molar-refractivity contribution in [3.05, 3.63) is 26.5 Å². The van der Waals surface area contributed by atoms with Gasteiger partial charge in [0.1, 0.15) is 0 Å². The van der Waals surface area contributed by atoms with E-state index in [1.165, 1.54) is 33.9 Å². The van der Waals surface area contributed by atoms with Crippen molar-refractivity contribution >= 4 is 45.8 Å². The molecule has 0 amide bonds. The van der Waals surface area contributed by atoms with Crippen molar-refractivity contribution < 1.29 is 0 Å². The third-order valence-corrected chi connectivity index (χ3v) is 4.68. The molecule has 2 aromatic rings. The number of aromatic amines is 1. The van der Waals surface area contributed by atoms with Gasteiger partial charge in [-0.1, -0.05) is 6.92 Å². The number of nitrogens with zero attached hydrogens (tertiary/aromatic N) is 1. The van der Waals surface area contributed by atoms with E-state index in [0.29, 0.717) is 6.04 Å². The molecule has 3 rings (SSSR count). The molecule has 0 spiro atoms. The number of hydrogen-bond donors (Lipinski definition) is 1. The highest BCUT2D eigenvalue weighted by molar-refractivity contribution is 14.1. The fourth-order valence-corrected chi connectivity index (χ4v) is 3.73. The first-order valence-electron chi connectivity index (χ1n) is 6.05. The van der Waals surface area contributed by atoms with E-state index < -0.39 is 0 Å². The van der Waals surface area contributed by atoms with Gasteiger partial charge in [0, 0.05) is 9.61 Å². The molecule has 0 aliphatic heterocycles. The zero-order valence-corrected chi connectivity index (χ0v) is 12.7. The van der Waals surface area contributed by atoms with Crippen LogP contribution in [0.25, 0.3) is 11.0 Å². The molecule has 0 saturated heterocycles. The van der Waals surface area contributed by atoms with Crippen LogP contribution in [-0.4, -0.2) is 9.55 Å². The Hall–Kier alpha value is -0.360. The Labute approximate surface area is 120 Å². The molecule has 17 heavy (non-hydrogen) atoms. The number of imidazole rings is 1. The Morgan fingerprint density at radius 3 is 2.94 bits per heavy atom. The van der Waals surface area contributed by atoms with Crippen molar-refractivity contribution in [1.82, 2.24) is 9.55 Å². The van der Waals surface area contributed by atoms with Gasteiger partial charge in [-0.25, -0.2) is 0 Å². The lowest BCUT2D eigenvalue weighted by Crippen LogP contribution is -2.05. The van der Waals surface area contributed by atoms with E-state index in [4.69, 9.17) is 12.2 Å². The van der Waals surface area contributed by atoms with Crippen molar-refractivity contribution in [2.45, 2.75) is 32.2 Å². The second kappa shape index (κ2) is 4.39. The Morgan fingerprint density at radius 1 is 1.41 bits per heavy atom. The molecule has 1 aromatic carbocycles. The van der Waals surface area contributed by atoms with Gasteiger partial charge in [0.15, 0.2) is 4.77 Å². The third-order valence-electron chi connectivity index (χ3n) is 3.71. The number of H-pyrrole nitrogens is 1. The standard InChI is InChI=1S/C13H15IN2S/c1-8-2-4-10(6-8)16-12-5-3-9(14)7-11(12)15-13(16)17/h3,5,7-8,10H,2,4,6H2,1H3,(H,15,17). The maximum absolute atomic E-state index is 5.48. The lowest BCUT2D eigenvalue weighted by atomic mass is 10.1. The molecule has 1 aromatic heterocycles. The van der Waals surface area contributed by atoms with Gasteiger partial charge in [-0.05, 0) is 78.2 Å². The lowest BCUT2D eigenvalue weighted by Gasteiger charge is -2.13. The molecule has 0 bridgehead atoms. The summed E-state index contributed by atoms with van der Waals surface area (Å²) in [6.07, 6.45) is 3.84. The van der Waals surface area contributed by atoms with Gasteiger partial charge >= 0.3 is 0 Å². The van der Waals surface area contributed by atoms with E-state index in [0.717, 1.165) is 10.7 Å². The van der Waals surface area contributed by atoms with Crippen LogP contribution >= 0.6 is 34.8 Å². The summed E-state index contributed by atoms with van der Waals surface area (Å²) in [5, 5.41) is 0. The number of benzene rings is 1. The molecular weight excluding hydrogens is 343 g/mol. The lowest BCUT2D eigenvalue weighted by molar-refractivity contribution is 0.500. The van der Waals surface area contributed by atoms with Crippen LogP contribution in [0.15, 0.2) is 18.2 Å². The Morgan fingerprint density at radius 2 is 2.24 bits per heavy atom. The number of hydrogen-bond acceptors (Lipinski definition) is 1. The predicted molar refractivity (Wildman–Crippen MR) is 81.9 cm³/mol. The Kier molecular flexibility index (Phi) is 3.02. The van der Waals surface area contributed by atoms with Gasteiger partial charge < -0.3 is 9.55 Å². The number of fused-ring (bicyclic) bond motifs is 1. The summed E-state index contributed by atoms with van der Waals surface area (Å²) in [4.78, 5) is 3.33. The van der Waals surface area contributed by atoms with Crippen LogP contribution in [0.3, 0.4) is 0 Å². The van der Waals surface area contributed by atoms with Gasteiger partial charge in [0.2, 0.25) is 0 Å². The van der Waals surface area contributed by atoms with Crippen LogP contribution in [0, 0.1) is 14.3 Å². The molecule has 1 aliphatic carbocycles. The summed E-state index contributed by atoms with van der Waals surface area (Å²) < 4.78 is 4.45. The molecule has 1 saturated carbocycles. The van der Waals surface area contributed by atoms with E-state index >= 15 is 0 Å². The van der Waals surface area contributed by atoms with Crippen molar-refractivity contribution in [2.24, 2.45) is 5.92 Å². The normalized spacial score (nSPS) is 24.6. The summed E-state index contributed by atoms with van der Waals surface area (Å²) in [6.45, 7) is 2.33. The second-order valence-corrected chi connectivity index (χ2v) is 6.67. The van der Waals surface area contributed by atoms with Crippen LogP contribution in [-0.2, 0) is 0 Å². The minimum Gasteiger partial charge on any atom is -0.331 e. The first kappa shape index (κ1) is 11.7. The first-order chi connectivity index (χ1) is 8.15. The molecule has 4 heteroatoms. The van der Waals surface area contributed by atoms with E-state index in [2.05, 4.69) is 57.3 Å². The van der Waals surface area contributed by atoms with Gasteiger partial charge in [0.05, 0.1) is 11.0 Å². The highest BCUT2D eigenvalue weighted by Crippen LogP contribution is 2.36. The molecule has 1 N–H and O–H groups in total. The SMILES string of the molecule is CC1CCC(n2c(=S)[nH]c3cc(I)ccc32)C1. The molecule has 1 fully saturated rings. The number of rotatable bonds is 1. The first-order valence-corrected chi connectivity index (χ1v) is 7.53. The third kappa shape index (κ3) is 2.05. The summed E-state index contributed by atoms with van der Waals surface area (Å²) >= 11 is 7.81. The minimum atomic E-state index is 0.589.